The third-order valence-electron chi connectivity index (χ3n) is 5.54. The average molecular weight is 377 g/mol. The number of hydrogen-bond acceptors (Lipinski definition) is 7. The first-order valence-electron chi connectivity index (χ1n) is 9.83. The van der Waals surface area contributed by atoms with Crippen LogP contribution in [0.3, 0.4) is 0 Å². The van der Waals surface area contributed by atoms with E-state index in [1.165, 1.54) is 19.3 Å². The highest BCUT2D eigenvalue weighted by Crippen LogP contribution is 2.40. The van der Waals surface area contributed by atoms with E-state index >= 15 is 0 Å². The molecule has 0 amide bonds. The van der Waals surface area contributed by atoms with Gasteiger partial charge < -0.3 is 5.32 Å². The number of hydrogen-bond donors (Lipinski definition) is 2. The SMILES string of the molecule is CCn1ncc2c(Nc3cnccn3)c(C3=CC4(CCCCC4)ON3)cnc21. The monoisotopic (exact) mass is 377 g/mol. The number of aromatic nitrogens is 5. The Morgan fingerprint density at radius 3 is 2.82 bits per heavy atom. The van der Waals surface area contributed by atoms with Crippen LogP contribution in [0.4, 0.5) is 11.5 Å². The normalized spacial score (nSPS) is 18.2. The van der Waals surface area contributed by atoms with Gasteiger partial charge in [-0.1, -0.05) is 19.3 Å². The summed E-state index contributed by atoms with van der Waals surface area (Å²) in [5, 5.41) is 8.83. The molecule has 4 heterocycles. The smallest absolute Gasteiger partial charge is 0.159 e. The molecule has 3 aromatic rings. The minimum atomic E-state index is -0.208. The van der Waals surface area contributed by atoms with E-state index in [1.54, 1.807) is 18.6 Å². The number of hydroxylamine groups is 1. The van der Waals surface area contributed by atoms with Crippen molar-refractivity contribution in [3.05, 3.63) is 42.6 Å². The summed E-state index contributed by atoms with van der Waals surface area (Å²) in [5.41, 5.74) is 6.57. The van der Waals surface area contributed by atoms with Crippen LogP contribution >= 0.6 is 0 Å². The summed E-state index contributed by atoms with van der Waals surface area (Å²) in [6.07, 6.45) is 16.7. The lowest BCUT2D eigenvalue weighted by Gasteiger charge is -2.29. The quantitative estimate of drug-likeness (QED) is 0.718. The first kappa shape index (κ1) is 17.1. The lowest BCUT2D eigenvalue weighted by Crippen LogP contribution is -2.31. The number of nitrogens with one attached hydrogen (secondary N) is 2. The first-order chi connectivity index (χ1) is 13.8. The van der Waals surface area contributed by atoms with Crippen molar-refractivity contribution in [1.29, 1.82) is 0 Å². The Morgan fingerprint density at radius 2 is 2.04 bits per heavy atom. The molecule has 5 rings (SSSR count). The van der Waals surface area contributed by atoms with Gasteiger partial charge in [-0.2, -0.15) is 5.10 Å². The van der Waals surface area contributed by atoms with Crippen molar-refractivity contribution in [2.45, 2.75) is 51.2 Å². The Balaban J connectivity index is 1.62. The molecular formula is C20H23N7O. The molecule has 2 aliphatic rings. The molecule has 1 spiro atoms. The third kappa shape index (κ3) is 2.90. The maximum atomic E-state index is 6.05. The van der Waals surface area contributed by atoms with Gasteiger partial charge >= 0.3 is 0 Å². The molecule has 2 N–H and O–H groups in total. The largest absolute Gasteiger partial charge is 0.338 e. The molecule has 1 saturated carbocycles. The molecule has 1 aliphatic heterocycles. The predicted octanol–water partition coefficient (Wildman–Crippen LogP) is 3.56. The summed E-state index contributed by atoms with van der Waals surface area (Å²) in [5.74, 6) is 0.674. The van der Waals surface area contributed by atoms with Crippen molar-refractivity contribution >= 4 is 28.2 Å². The van der Waals surface area contributed by atoms with E-state index in [0.29, 0.717) is 5.82 Å². The number of aryl methyl sites for hydroxylation is 1. The summed E-state index contributed by atoms with van der Waals surface area (Å²) in [6, 6.07) is 0. The maximum absolute atomic E-state index is 6.05. The van der Waals surface area contributed by atoms with Crippen molar-refractivity contribution in [3.63, 3.8) is 0 Å². The number of rotatable bonds is 4. The molecule has 28 heavy (non-hydrogen) atoms. The van der Waals surface area contributed by atoms with Crippen molar-refractivity contribution in [1.82, 2.24) is 30.2 Å². The Bertz CT molecular complexity index is 1020. The third-order valence-corrected chi connectivity index (χ3v) is 5.54. The van der Waals surface area contributed by atoms with Gasteiger partial charge in [0.25, 0.3) is 0 Å². The van der Waals surface area contributed by atoms with E-state index in [-0.39, 0.29) is 5.60 Å². The minimum Gasteiger partial charge on any atom is -0.338 e. The van der Waals surface area contributed by atoms with Gasteiger partial charge in [-0.25, -0.2) is 14.6 Å². The Labute approximate surface area is 163 Å². The molecule has 3 aromatic heterocycles. The molecule has 0 unspecified atom stereocenters. The standard InChI is InChI=1S/C20H23N7O/c1-2-27-19-15(12-24-27)18(25-17-13-21-8-9-22-17)14(11-23-19)16-10-20(28-26-16)6-4-3-5-7-20/h8-13,26H,2-7H2,1H3,(H,22,23,25). The van der Waals surface area contributed by atoms with E-state index < -0.39 is 0 Å². The molecule has 8 nitrogen and oxygen atoms in total. The number of fused-ring (bicyclic) bond motifs is 1. The summed E-state index contributed by atoms with van der Waals surface area (Å²) in [6.45, 7) is 2.81. The molecule has 0 aromatic carbocycles. The fourth-order valence-corrected chi connectivity index (χ4v) is 4.10. The van der Waals surface area contributed by atoms with Gasteiger partial charge in [-0.15, -0.1) is 0 Å². The maximum Gasteiger partial charge on any atom is 0.159 e. The van der Waals surface area contributed by atoms with Crippen LogP contribution in [0.2, 0.25) is 0 Å². The summed E-state index contributed by atoms with van der Waals surface area (Å²) in [4.78, 5) is 19.3. The van der Waals surface area contributed by atoms with E-state index in [0.717, 1.165) is 47.4 Å². The van der Waals surface area contributed by atoms with Gasteiger partial charge in [0, 0.05) is 30.7 Å². The highest BCUT2D eigenvalue weighted by Gasteiger charge is 2.37. The molecule has 144 valence electrons. The highest BCUT2D eigenvalue weighted by molar-refractivity contribution is 5.97. The molecule has 0 atom stereocenters. The number of pyridine rings is 1. The number of nitrogens with zero attached hydrogens (tertiary/aromatic N) is 5. The first-order valence-corrected chi connectivity index (χ1v) is 9.83. The van der Waals surface area contributed by atoms with Gasteiger partial charge in [0.1, 0.15) is 11.4 Å². The van der Waals surface area contributed by atoms with Crippen LogP contribution in [0.1, 0.15) is 44.6 Å². The Morgan fingerprint density at radius 1 is 1.14 bits per heavy atom. The molecule has 0 saturated heterocycles. The van der Waals surface area contributed by atoms with Crippen LogP contribution in [-0.2, 0) is 11.4 Å². The van der Waals surface area contributed by atoms with E-state index in [1.807, 2.05) is 17.1 Å². The lowest BCUT2D eigenvalue weighted by molar-refractivity contribution is -0.0557. The minimum absolute atomic E-state index is 0.208. The summed E-state index contributed by atoms with van der Waals surface area (Å²) < 4.78 is 1.89. The predicted molar refractivity (Wildman–Crippen MR) is 107 cm³/mol. The summed E-state index contributed by atoms with van der Waals surface area (Å²) >= 11 is 0. The van der Waals surface area contributed by atoms with E-state index in [4.69, 9.17) is 4.84 Å². The number of anilines is 2. The molecular weight excluding hydrogens is 354 g/mol. The summed E-state index contributed by atoms with van der Waals surface area (Å²) in [7, 11) is 0. The lowest BCUT2D eigenvalue weighted by atomic mass is 9.84. The van der Waals surface area contributed by atoms with Crippen LogP contribution < -0.4 is 10.8 Å². The fraction of sp³-hybridized carbons (Fsp3) is 0.400. The van der Waals surface area contributed by atoms with Crippen LogP contribution in [-0.4, -0.2) is 30.3 Å². The van der Waals surface area contributed by atoms with Crippen LogP contribution in [0.25, 0.3) is 16.7 Å². The van der Waals surface area contributed by atoms with E-state index in [2.05, 4.69) is 43.8 Å². The molecule has 0 bridgehead atoms. The van der Waals surface area contributed by atoms with Gasteiger partial charge in [0.2, 0.25) is 0 Å². The Hall–Kier alpha value is -3.00. The highest BCUT2D eigenvalue weighted by atomic mass is 16.7. The molecule has 1 aliphatic carbocycles. The van der Waals surface area contributed by atoms with Gasteiger partial charge in [-0.05, 0) is 25.8 Å². The van der Waals surface area contributed by atoms with Gasteiger partial charge in [0.05, 0.1) is 29.2 Å². The van der Waals surface area contributed by atoms with E-state index in [9.17, 15) is 0 Å². The fourth-order valence-electron chi connectivity index (χ4n) is 4.10. The second kappa shape index (κ2) is 6.87. The van der Waals surface area contributed by atoms with Crippen molar-refractivity contribution < 1.29 is 4.84 Å². The second-order valence-electron chi connectivity index (χ2n) is 7.35. The van der Waals surface area contributed by atoms with Crippen LogP contribution in [0.15, 0.2) is 37.1 Å². The zero-order valence-corrected chi connectivity index (χ0v) is 15.9. The molecule has 0 radical (unpaired) electrons. The zero-order chi connectivity index (χ0) is 19.0. The molecule has 1 fully saturated rings. The molecule has 8 heteroatoms. The van der Waals surface area contributed by atoms with Crippen LogP contribution in [0, 0.1) is 0 Å². The zero-order valence-electron chi connectivity index (χ0n) is 15.9. The van der Waals surface area contributed by atoms with Crippen LogP contribution in [0.5, 0.6) is 0 Å². The average Bonchev–Trinajstić information content (AvgIpc) is 3.34. The topological polar surface area (TPSA) is 89.8 Å². The van der Waals surface area contributed by atoms with Crippen molar-refractivity contribution in [3.8, 4) is 0 Å². The van der Waals surface area contributed by atoms with Gasteiger partial charge in [-0.3, -0.25) is 15.3 Å². The van der Waals surface area contributed by atoms with Crippen molar-refractivity contribution in [2.24, 2.45) is 0 Å². The Kier molecular flexibility index (Phi) is 4.20. The van der Waals surface area contributed by atoms with Crippen molar-refractivity contribution in [2.75, 3.05) is 5.32 Å². The second-order valence-corrected chi connectivity index (χ2v) is 7.35. The van der Waals surface area contributed by atoms with Gasteiger partial charge in [0.15, 0.2) is 5.65 Å².